The highest BCUT2D eigenvalue weighted by molar-refractivity contribution is 6.12. The van der Waals surface area contributed by atoms with E-state index < -0.39 is 0 Å². The van der Waals surface area contributed by atoms with Gasteiger partial charge in [0, 0.05) is 28.2 Å². The molecule has 1 N–H and O–H groups in total. The van der Waals surface area contributed by atoms with Gasteiger partial charge in [-0.25, -0.2) is 0 Å². The van der Waals surface area contributed by atoms with E-state index in [1.54, 1.807) is 0 Å². The summed E-state index contributed by atoms with van der Waals surface area (Å²) in [7, 11) is 0. The molecule has 0 spiro atoms. The fraction of sp³-hybridized carbons (Fsp3) is 0.0847. The van der Waals surface area contributed by atoms with Crippen LogP contribution in [0.2, 0.25) is 0 Å². The van der Waals surface area contributed by atoms with E-state index in [1.807, 2.05) is 42.6 Å². The lowest BCUT2D eigenvalue weighted by Gasteiger charge is -2.28. The third kappa shape index (κ3) is 5.70. The minimum atomic E-state index is -0.291. The molecule has 0 heterocycles. The van der Waals surface area contributed by atoms with Crippen molar-refractivity contribution in [3.8, 4) is 33.4 Å². The van der Waals surface area contributed by atoms with Crippen LogP contribution in [0.4, 0.5) is 0 Å². The van der Waals surface area contributed by atoms with Crippen LogP contribution in [0.5, 0.6) is 0 Å². The Morgan fingerprint density at radius 3 is 1.87 bits per heavy atom. The van der Waals surface area contributed by atoms with Gasteiger partial charge in [-0.1, -0.05) is 202 Å². The number of hydrogen-bond acceptors (Lipinski definition) is 2. The van der Waals surface area contributed by atoms with Crippen molar-refractivity contribution in [1.82, 2.24) is 0 Å². The van der Waals surface area contributed by atoms with E-state index >= 15 is 0 Å². The molecule has 0 radical (unpaired) electrons. The van der Waals surface area contributed by atoms with Gasteiger partial charge >= 0.3 is 0 Å². The Kier molecular flexibility index (Phi) is 8.47. The summed E-state index contributed by atoms with van der Waals surface area (Å²) in [6, 6.07) is 69.7. The van der Waals surface area contributed by atoms with E-state index in [1.165, 1.54) is 77.4 Å². The Morgan fingerprint density at radius 2 is 1.07 bits per heavy atom. The van der Waals surface area contributed by atoms with Crippen LogP contribution >= 0.6 is 0 Å². The summed E-state index contributed by atoms with van der Waals surface area (Å²) in [5.74, 6) is 0. The van der Waals surface area contributed by atoms with Gasteiger partial charge in [-0.3, -0.25) is 4.99 Å². The highest BCUT2D eigenvalue weighted by Gasteiger charge is 2.41. The predicted molar refractivity (Wildman–Crippen MR) is 257 cm³/mol. The van der Waals surface area contributed by atoms with E-state index in [0.717, 1.165) is 27.8 Å². The molecule has 9 aromatic rings. The van der Waals surface area contributed by atoms with Gasteiger partial charge in [0.05, 0.1) is 11.4 Å². The summed E-state index contributed by atoms with van der Waals surface area (Å²) in [6.07, 6.45) is 3.91. The first-order chi connectivity index (χ1) is 29.8. The zero-order valence-corrected chi connectivity index (χ0v) is 34.6. The fourth-order valence-corrected chi connectivity index (χ4v) is 10.6. The Bertz CT molecular complexity index is 3300. The number of aliphatic imine (C=N–C) groups is 1. The minimum absolute atomic E-state index is 0.193. The number of rotatable bonds is 7. The monoisotopic (exact) mass is 780 g/mol. The maximum absolute atomic E-state index is 9.23. The molecule has 11 rings (SSSR count). The lowest BCUT2D eigenvalue weighted by atomic mass is 9.74. The minimum Gasteiger partial charge on any atom is -0.300 e. The van der Waals surface area contributed by atoms with E-state index in [-0.39, 0.29) is 10.8 Å². The van der Waals surface area contributed by atoms with Crippen LogP contribution in [0.1, 0.15) is 65.3 Å². The van der Waals surface area contributed by atoms with Crippen molar-refractivity contribution in [3.63, 3.8) is 0 Å². The van der Waals surface area contributed by atoms with Crippen LogP contribution in [0.25, 0.3) is 60.6 Å². The number of fused-ring (bicyclic) bond motifs is 9. The molecule has 0 amide bonds. The summed E-state index contributed by atoms with van der Waals surface area (Å²) in [5.41, 5.74) is 17.7. The summed E-state index contributed by atoms with van der Waals surface area (Å²) in [4.78, 5) is 5.29. The van der Waals surface area contributed by atoms with Crippen LogP contribution in [0.15, 0.2) is 205 Å². The van der Waals surface area contributed by atoms with Crippen molar-refractivity contribution < 1.29 is 0 Å². The smallest absolute Gasteiger partial charge is 0.0723 e. The average molecular weight is 781 g/mol. The molecule has 0 saturated heterocycles. The van der Waals surface area contributed by atoms with Crippen LogP contribution in [-0.2, 0) is 10.8 Å². The van der Waals surface area contributed by atoms with Gasteiger partial charge in [0.2, 0.25) is 0 Å². The van der Waals surface area contributed by atoms with Crippen molar-refractivity contribution in [2.24, 2.45) is 4.99 Å². The molecule has 1 unspecified atom stereocenters. The second-order valence-electron chi connectivity index (χ2n) is 17.2. The molecule has 9 aromatic carbocycles. The zero-order chi connectivity index (χ0) is 41.3. The first-order valence-corrected chi connectivity index (χ1v) is 21.2. The molecule has 1 atom stereocenters. The van der Waals surface area contributed by atoms with E-state index in [0.29, 0.717) is 5.71 Å². The number of hydrogen-bond donors (Lipinski definition) is 1. The topological polar surface area (TPSA) is 36.2 Å². The lowest BCUT2D eigenvalue weighted by Crippen LogP contribution is -2.22. The Labute approximate surface area is 357 Å². The highest BCUT2D eigenvalue weighted by atomic mass is 14.7. The van der Waals surface area contributed by atoms with Gasteiger partial charge in [-0.2, -0.15) is 0 Å². The maximum atomic E-state index is 9.23. The number of nitrogens with one attached hydrogen (secondary N) is 1. The van der Waals surface area contributed by atoms with Crippen LogP contribution in [0, 0.1) is 5.41 Å². The normalized spacial score (nSPS) is 16.1. The molecule has 0 aromatic heterocycles. The van der Waals surface area contributed by atoms with E-state index in [4.69, 9.17) is 4.99 Å². The zero-order valence-electron chi connectivity index (χ0n) is 34.6. The van der Waals surface area contributed by atoms with E-state index in [2.05, 4.69) is 185 Å². The number of benzene rings is 9. The van der Waals surface area contributed by atoms with Gasteiger partial charge in [0.1, 0.15) is 0 Å². The lowest BCUT2D eigenvalue weighted by molar-refractivity contribution is 0.668. The Morgan fingerprint density at radius 1 is 0.459 bits per heavy atom. The Hall–Kier alpha value is -7.42. The standard InChI is InChI=1S/C59H44N2/c1-58(2)56-44-23-11-10-17-38(44)29-33-50(56)49-27-16-26-48(57(49)58)46-32-30-41(43-22-12-13-24-45(43)46)37-61-55(36-54(60)39-18-6-4-7-19-39)40-31-34-53-51(35-40)47-25-14-15-28-52(47)59(53,3)42-20-8-5-9-21-42/h4-37,60H,1-3H3/b55-36-,60-54?,61-37?. The van der Waals surface area contributed by atoms with Gasteiger partial charge in [-0.15, -0.1) is 0 Å². The third-order valence-corrected chi connectivity index (χ3v) is 13.5. The molecule has 61 heavy (non-hydrogen) atoms. The SMILES string of the molecule is CC1(C)c2c(cccc2-c2ccc(C=N/C(=C\C(=N)c3ccccc3)c3ccc4c(c3)-c3ccccc3C4(C)c3ccccc3)c3ccccc23)-c2ccc3ccccc3c21. The average Bonchev–Trinajstić information content (AvgIpc) is 3.72. The Balaban J connectivity index is 1.03. The first-order valence-electron chi connectivity index (χ1n) is 21.2. The second kappa shape index (κ2) is 14.1. The molecular formula is C59H44N2. The number of nitrogens with zero attached hydrogens (tertiary/aromatic N) is 1. The summed E-state index contributed by atoms with van der Waals surface area (Å²) < 4.78 is 0. The van der Waals surface area contributed by atoms with E-state index in [9.17, 15) is 5.41 Å². The second-order valence-corrected chi connectivity index (χ2v) is 17.2. The first kappa shape index (κ1) is 36.6. The summed E-state index contributed by atoms with van der Waals surface area (Å²) in [5, 5.41) is 14.2. The predicted octanol–water partition coefficient (Wildman–Crippen LogP) is 14.8. The van der Waals surface area contributed by atoms with Crippen molar-refractivity contribution in [3.05, 3.63) is 245 Å². The third-order valence-electron chi connectivity index (χ3n) is 13.5. The molecule has 0 bridgehead atoms. The summed E-state index contributed by atoms with van der Waals surface area (Å²) >= 11 is 0. The van der Waals surface area contributed by atoms with Crippen molar-refractivity contribution in [2.45, 2.75) is 31.6 Å². The maximum Gasteiger partial charge on any atom is 0.0723 e. The molecule has 0 saturated carbocycles. The largest absolute Gasteiger partial charge is 0.300 e. The van der Waals surface area contributed by atoms with Crippen LogP contribution in [-0.4, -0.2) is 11.9 Å². The molecular weight excluding hydrogens is 737 g/mol. The van der Waals surface area contributed by atoms with Crippen LogP contribution < -0.4 is 0 Å². The molecule has 2 aliphatic carbocycles. The van der Waals surface area contributed by atoms with Gasteiger partial charge < -0.3 is 5.41 Å². The summed E-state index contributed by atoms with van der Waals surface area (Å²) in [6.45, 7) is 7.11. The molecule has 2 nitrogen and oxygen atoms in total. The van der Waals surface area contributed by atoms with Gasteiger partial charge in [-0.05, 0) is 107 Å². The fourth-order valence-electron chi connectivity index (χ4n) is 10.6. The number of allylic oxidation sites excluding steroid dienone is 1. The highest BCUT2D eigenvalue weighted by Crippen LogP contribution is 2.55. The van der Waals surface area contributed by atoms with Crippen molar-refractivity contribution >= 4 is 39.2 Å². The van der Waals surface area contributed by atoms with Crippen molar-refractivity contribution in [2.75, 3.05) is 0 Å². The molecule has 2 aliphatic rings. The quantitative estimate of drug-likeness (QED) is 0.156. The van der Waals surface area contributed by atoms with Crippen LogP contribution in [0.3, 0.4) is 0 Å². The molecule has 0 aliphatic heterocycles. The van der Waals surface area contributed by atoms with Crippen molar-refractivity contribution in [1.29, 1.82) is 5.41 Å². The molecule has 290 valence electrons. The molecule has 0 fully saturated rings. The van der Waals surface area contributed by atoms with Gasteiger partial charge in [0.25, 0.3) is 0 Å². The molecule has 2 heteroatoms. The van der Waals surface area contributed by atoms with Gasteiger partial charge in [0.15, 0.2) is 0 Å².